The second-order valence-corrected chi connectivity index (χ2v) is 3.55. The molecule has 1 N–H and O–H groups in total. The molecule has 0 radical (unpaired) electrons. The van der Waals surface area contributed by atoms with Crippen LogP contribution in [0.4, 0.5) is 4.79 Å². The molecule has 0 aliphatic heterocycles. The number of hydrogen-bond acceptors (Lipinski definition) is 3. The van der Waals surface area contributed by atoms with Crippen LogP contribution in [0.1, 0.15) is 0 Å². The SMILES string of the molecule is COC(=O)NCCOc1ccccc1Br. The summed E-state index contributed by atoms with van der Waals surface area (Å²) >= 11 is 3.35. The first-order valence-corrected chi connectivity index (χ1v) is 5.22. The first-order valence-electron chi connectivity index (χ1n) is 4.43. The Morgan fingerprint density at radius 2 is 2.20 bits per heavy atom. The fourth-order valence-corrected chi connectivity index (χ4v) is 1.35. The largest absolute Gasteiger partial charge is 0.491 e. The Labute approximate surface area is 96.7 Å². The molecule has 1 rings (SSSR count). The van der Waals surface area contributed by atoms with Gasteiger partial charge in [0.25, 0.3) is 0 Å². The smallest absolute Gasteiger partial charge is 0.406 e. The van der Waals surface area contributed by atoms with Crippen molar-refractivity contribution >= 4 is 22.0 Å². The fraction of sp³-hybridized carbons (Fsp3) is 0.300. The lowest BCUT2D eigenvalue weighted by Crippen LogP contribution is -2.27. The molecule has 15 heavy (non-hydrogen) atoms. The van der Waals surface area contributed by atoms with Crippen LogP contribution in [0.25, 0.3) is 0 Å². The van der Waals surface area contributed by atoms with Crippen molar-refractivity contribution in [3.63, 3.8) is 0 Å². The highest BCUT2D eigenvalue weighted by molar-refractivity contribution is 9.10. The Bertz CT molecular complexity index is 330. The van der Waals surface area contributed by atoms with Gasteiger partial charge in [-0.3, -0.25) is 0 Å². The summed E-state index contributed by atoms with van der Waals surface area (Å²) in [4.78, 5) is 10.7. The average molecular weight is 274 g/mol. The molecule has 0 aliphatic rings. The zero-order valence-electron chi connectivity index (χ0n) is 8.33. The number of alkyl carbamates (subject to hydrolysis) is 1. The van der Waals surface area contributed by atoms with Gasteiger partial charge >= 0.3 is 6.09 Å². The van der Waals surface area contributed by atoms with Crippen molar-refractivity contribution in [1.29, 1.82) is 0 Å². The predicted octanol–water partition coefficient (Wildman–Crippen LogP) is 2.18. The maximum atomic E-state index is 10.7. The van der Waals surface area contributed by atoms with Crippen molar-refractivity contribution < 1.29 is 14.3 Å². The van der Waals surface area contributed by atoms with E-state index in [1.165, 1.54) is 7.11 Å². The summed E-state index contributed by atoms with van der Waals surface area (Å²) in [5.74, 6) is 0.754. The van der Waals surface area contributed by atoms with Gasteiger partial charge in [-0.2, -0.15) is 0 Å². The molecule has 0 saturated heterocycles. The third kappa shape index (κ3) is 4.20. The Morgan fingerprint density at radius 1 is 1.47 bits per heavy atom. The Balaban J connectivity index is 2.26. The quantitative estimate of drug-likeness (QED) is 0.856. The molecule has 1 aromatic rings. The van der Waals surface area contributed by atoms with E-state index in [-0.39, 0.29) is 0 Å². The molecule has 0 atom stereocenters. The molecule has 0 unspecified atom stereocenters. The standard InChI is InChI=1S/C10H12BrNO3/c1-14-10(13)12-6-7-15-9-5-3-2-4-8(9)11/h2-5H,6-7H2,1H3,(H,12,13). The van der Waals surface area contributed by atoms with Gasteiger partial charge in [0.2, 0.25) is 0 Å². The highest BCUT2D eigenvalue weighted by Gasteiger charge is 2.00. The summed E-state index contributed by atoms with van der Waals surface area (Å²) in [7, 11) is 1.32. The zero-order valence-corrected chi connectivity index (χ0v) is 9.91. The molecule has 0 aromatic heterocycles. The Morgan fingerprint density at radius 3 is 2.87 bits per heavy atom. The minimum Gasteiger partial charge on any atom is -0.491 e. The summed E-state index contributed by atoms with van der Waals surface area (Å²) in [6.07, 6.45) is -0.453. The van der Waals surface area contributed by atoms with E-state index in [0.717, 1.165) is 10.2 Å². The molecule has 0 heterocycles. The number of nitrogens with one attached hydrogen (secondary N) is 1. The number of para-hydroxylation sites is 1. The number of hydrogen-bond donors (Lipinski definition) is 1. The van der Waals surface area contributed by atoms with Crippen LogP contribution < -0.4 is 10.1 Å². The van der Waals surface area contributed by atoms with E-state index >= 15 is 0 Å². The van der Waals surface area contributed by atoms with Crippen LogP contribution in [-0.2, 0) is 4.74 Å². The summed E-state index contributed by atoms with van der Waals surface area (Å²) in [5.41, 5.74) is 0. The molecule has 0 saturated carbocycles. The Hall–Kier alpha value is -1.23. The van der Waals surface area contributed by atoms with Crippen molar-refractivity contribution in [1.82, 2.24) is 5.32 Å². The van der Waals surface area contributed by atoms with Gasteiger partial charge in [-0.15, -0.1) is 0 Å². The number of ether oxygens (including phenoxy) is 2. The molecule has 5 heteroatoms. The summed E-state index contributed by atoms with van der Waals surface area (Å²) < 4.78 is 10.7. The van der Waals surface area contributed by atoms with E-state index in [2.05, 4.69) is 26.0 Å². The predicted molar refractivity (Wildman–Crippen MR) is 60.0 cm³/mol. The maximum absolute atomic E-state index is 10.7. The van der Waals surface area contributed by atoms with Gasteiger partial charge in [-0.25, -0.2) is 4.79 Å². The first-order chi connectivity index (χ1) is 7.24. The monoisotopic (exact) mass is 273 g/mol. The molecule has 0 spiro atoms. The van der Waals surface area contributed by atoms with E-state index in [4.69, 9.17) is 4.74 Å². The number of carbonyl (C=O) groups excluding carboxylic acids is 1. The number of halogens is 1. The second kappa shape index (κ2) is 6.29. The normalized spacial score (nSPS) is 9.47. The number of carbonyl (C=O) groups is 1. The van der Waals surface area contributed by atoms with Gasteiger partial charge in [0.05, 0.1) is 18.1 Å². The summed E-state index contributed by atoms with van der Waals surface area (Å²) in [6, 6.07) is 7.53. The van der Waals surface area contributed by atoms with Gasteiger partial charge < -0.3 is 14.8 Å². The van der Waals surface area contributed by atoms with E-state index in [1.54, 1.807) is 0 Å². The number of methoxy groups -OCH3 is 1. The minimum absolute atomic E-state index is 0.401. The van der Waals surface area contributed by atoms with Gasteiger partial charge in [-0.1, -0.05) is 12.1 Å². The van der Waals surface area contributed by atoms with Gasteiger partial charge in [0.1, 0.15) is 12.4 Å². The van der Waals surface area contributed by atoms with Crippen LogP contribution in [0.2, 0.25) is 0 Å². The van der Waals surface area contributed by atoms with Gasteiger partial charge in [-0.05, 0) is 28.1 Å². The number of amides is 1. The van der Waals surface area contributed by atoms with Crippen molar-refractivity contribution in [2.75, 3.05) is 20.3 Å². The molecule has 82 valence electrons. The van der Waals surface area contributed by atoms with E-state index in [1.807, 2.05) is 24.3 Å². The molecule has 0 bridgehead atoms. The average Bonchev–Trinajstić information content (AvgIpc) is 2.26. The molecule has 1 aromatic carbocycles. The van der Waals surface area contributed by atoms with Gasteiger partial charge in [0.15, 0.2) is 0 Å². The topological polar surface area (TPSA) is 47.6 Å². The maximum Gasteiger partial charge on any atom is 0.406 e. The van der Waals surface area contributed by atoms with Crippen LogP contribution in [0.3, 0.4) is 0 Å². The lowest BCUT2D eigenvalue weighted by atomic mass is 10.3. The Kier molecular flexibility index (Phi) is 4.97. The third-order valence-electron chi connectivity index (χ3n) is 1.65. The number of benzene rings is 1. The van der Waals surface area contributed by atoms with Crippen molar-refractivity contribution in [2.45, 2.75) is 0 Å². The van der Waals surface area contributed by atoms with E-state index in [9.17, 15) is 4.79 Å². The lowest BCUT2D eigenvalue weighted by Gasteiger charge is -2.08. The first kappa shape index (κ1) is 11.8. The molecule has 0 aliphatic carbocycles. The molecule has 1 amide bonds. The lowest BCUT2D eigenvalue weighted by molar-refractivity contribution is 0.168. The highest BCUT2D eigenvalue weighted by atomic mass is 79.9. The molecular weight excluding hydrogens is 262 g/mol. The summed E-state index contributed by atoms with van der Waals surface area (Å²) in [5, 5.41) is 2.52. The highest BCUT2D eigenvalue weighted by Crippen LogP contribution is 2.23. The van der Waals surface area contributed by atoms with E-state index < -0.39 is 6.09 Å². The van der Waals surface area contributed by atoms with E-state index in [0.29, 0.717) is 13.2 Å². The van der Waals surface area contributed by atoms with Crippen LogP contribution in [0, 0.1) is 0 Å². The van der Waals surface area contributed by atoms with Crippen molar-refractivity contribution in [3.8, 4) is 5.75 Å². The van der Waals surface area contributed by atoms with Crippen LogP contribution in [0.5, 0.6) is 5.75 Å². The second-order valence-electron chi connectivity index (χ2n) is 2.70. The fourth-order valence-electron chi connectivity index (χ4n) is 0.948. The molecule has 4 nitrogen and oxygen atoms in total. The van der Waals surface area contributed by atoms with Crippen LogP contribution >= 0.6 is 15.9 Å². The van der Waals surface area contributed by atoms with Crippen molar-refractivity contribution in [2.24, 2.45) is 0 Å². The van der Waals surface area contributed by atoms with Gasteiger partial charge in [0, 0.05) is 0 Å². The van der Waals surface area contributed by atoms with Crippen LogP contribution in [0.15, 0.2) is 28.7 Å². The zero-order chi connectivity index (χ0) is 11.1. The van der Waals surface area contributed by atoms with Crippen LogP contribution in [-0.4, -0.2) is 26.4 Å². The molecular formula is C10H12BrNO3. The molecule has 0 fully saturated rings. The number of rotatable bonds is 4. The third-order valence-corrected chi connectivity index (χ3v) is 2.31. The van der Waals surface area contributed by atoms with Crippen molar-refractivity contribution in [3.05, 3.63) is 28.7 Å². The minimum atomic E-state index is -0.453. The summed E-state index contributed by atoms with van der Waals surface area (Å²) in [6.45, 7) is 0.811.